The predicted molar refractivity (Wildman–Crippen MR) is 157 cm³/mol. The maximum Gasteiger partial charge on any atom is 0.271 e. The number of aliphatic imine (C=N–C) groups is 1. The van der Waals surface area contributed by atoms with Gasteiger partial charge in [0, 0.05) is 0 Å². The molecule has 0 radical (unpaired) electrons. The molecular weight excluding hydrogens is 548 g/mol. The normalized spacial score (nSPS) is 15.3. The number of anilines is 1. The zero-order valence-corrected chi connectivity index (χ0v) is 23.4. The second-order valence-corrected chi connectivity index (χ2v) is 10.1. The number of hydrogen-bond acceptors (Lipinski definition) is 5. The van der Waals surface area contributed by atoms with Crippen molar-refractivity contribution in [2.24, 2.45) is 4.99 Å². The molecule has 5 nitrogen and oxygen atoms in total. The lowest BCUT2D eigenvalue weighted by Crippen LogP contribution is -2.28. The van der Waals surface area contributed by atoms with Gasteiger partial charge in [-0.05, 0) is 99.7 Å². The SMILES string of the molecule is C#CCOc1c(Br)cc(/C=C2\SC(=Nc3ccc(CC)cc3)N(c3ccc(CC)cc3)C2=O)cc1OC. The Bertz CT molecular complexity index is 1390. The lowest BCUT2D eigenvalue weighted by molar-refractivity contribution is -0.113. The van der Waals surface area contributed by atoms with Gasteiger partial charge in [-0.3, -0.25) is 9.69 Å². The molecule has 1 amide bonds. The molecule has 1 aliphatic rings. The number of ether oxygens (including phenoxy) is 2. The number of thioether (sulfide) groups is 1. The van der Waals surface area contributed by atoms with Crippen LogP contribution in [0.5, 0.6) is 11.5 Å². The van der Waals surface area contributed by atoms with Crippen LogP contribution in [0.1, 0.15) is 30.5 Å². The van der Waals surface area contributed by atoms with Gasteiger partial charge in [0.2, 0.25) is 0 Å². The highest BCUT2D eigenvalue weighted by molar-refractivity contribution is 9.10. The number of amides is 1. The molecule has 0 bridgehead atoms. The standard InChI is InChI=1S/C30H27BrN2O3S/c1-5-16-36-28-25(31)17-22(18-26(28)35-4)19-27-29(34)33(24-14-10-21(7-3)11-15-24)30(37-27)32-23-12-8-20(6-2)9-13-23/h1,8-15,17-19H,6-7,16H2,2-4H3/b27-19-,32-30?. The number of benzene rings is 3. The van der Waals surface area contributed by atoms with Crippen LogP contribution in [0, 0.1) is 12.3 Å². The van der Waals surface area contributed by atoms with Crippen molar-refractivity contribution in [1.29, 1.82) is 0 Å². The van der Waals surface area contributed by atoms with Crippen molar-refractivity contribution in [3.8, 4) is 23.8 Å². The van der Waals surface area contributed by atoms with Crippen molar-refractivity contribution >= 4 is 56.2 Å². The Labute approximate surface area is 230 Å². The minimum atomic E-state index is -0.138. The van der Waals surface area contributed by atoms with Crippen LogP contribution in [0.4, 0.5) is 11.4 Å². The Morgan fingerprint density at radius 1 is 1.05 bits per heavy atom. The Balaban J connectivity index is 1.74. The summed E-state index contributed by atoms with van der Waals surface area (Å²) in [4.78, 5) is 20.7. The minimum absolute atomic E-state index is 0.120. The van der Waals surface area contributed by atoms with Crippen molar-refractivity contribution in [1.82, 2.24) is 0 Å². The molecule has 3 aromatic rings. The highest BCUT2D eigenvalue weighted by Crippen LogP contribution is 2.40. The van der Waals surface area contributed by atoms with Gasteiger partial charge in [-0.2, -0.15) is 0 Å². The number of aryl methyl sites for hydroxylation is 2. The molecule has 1 fully saturated rings. The van der Waals surface area contributed by atoms with Gasteiger partial charge in [0.1, 0.15) is 6.61 Å². The summed E-state index contributed by atoms with van der Waals surface area (Å²) in [6.45, 7) is 4.34. The number of rotatable bonds is 8. The quantitative estimate of drug-likeness (QED) is 0.208. The van der Waals surface area contributed by atoms with Crippen molar-refractivity contribution < 1.29 is 14.3 Å². The molecule has 1 heterocycles. The summed E-state index contributed by atoms with van der Waals surface area (Å²) in [5.41, 5.74) is 4.79. The van der Waals surface area contributed by atoms with Crippen molar-refractivity contribution in [2.75, 3.05) is 18.6 Å². The van der Waals surface area contributed by atoms with Gasteiger partial charge < -0.3 is 9.47 Å². The van der Waals surface area contributed by atoms with E-state index in [1.165, 1.54) is 22.9 Å². The lowest BCUT2D eigenvalue weighted by Gasteiger charge is -2.16. The van der Waals surface area contributed by atoms with Crippen molar-refractivity contribution in [3.05, 3.63) is 86.7 Å². The molecular formula is C30H27BrN2O3S. The first kappa shape index (κ1) is 26.6. The third-order valence-electron chi connectivity index (χ3n) is 5.83. The van der Waals surface area contributed by atoms with E-state index in [4.69, 9.17) is 20.9 Å². The van der Waals surface area contributed by atoms with E-state index in [-0.39, 0.29) is 12.5 Å². The summed E-state index contributed by atoms with van der Waals surface area (Å²) in [6.07, 6.45) is 9.05. The molecule has 0 saturated carbocycles. The highest BCUT2D eigenvalue weighted by atomic mass is 79.9. The zero-order valence-electron chi connectivity index (χ0n) is 21.0. The molecule has 1 saturated heterocycles. The van der Waals surface area contributed by atoms with Crippen molar-refractivity contribution in [2.45, 2.75) is 26.7 Å². The van der Waals surface area contributed by atoms with E-state index in [9.17, 15) is 4.79 Å². The van der Waals surface area contributed by atoms with E-state index in [0.29, 0.717) is 26.0 Å². The molecule has 7 heteroatoms. The number of nitrogens with zero attached hydrogens (tertiary/aromatic N) is 2. The molecule has 37 heavy (non-hydrogen) atoms. The molecule has 0 aliphatic carbocycles. The fourth-order valence-corrected chi connectivity index (χ4v) is 5.38. The Hall–Kier alpha value is -3.47. The topological polar surface area (TPSA) is 51.1 Å². The maximum absolute atomic E-state index is 13.7. The Morgan fingerprint density at radius 3 is 2.30 bits per heavy atom. The Morgan fingerprint density at radius 2 is 1.70 bits per heavy atom. The van der Waals surface area contributed by atoms with Gasteiger partial charge in [0.15, 0.2) is 16.7 Å². The largest absolute Gasteiger partial charge is 0.493 e. The summed E-state index contributed by atoms with van der Waals surface area (Å²) in [6, 6.07) is 19.8. The number of terminal acetylenes is 1. The molecule has 0 aromatic heterocycles. The fourth-order valence-electron chi connectivity index (χ4n) is 3.80. The average Bonchev–Trinajstić information content (AvgIpc) is 3.22. The van der Waals surface area contributed by atoms with E-state index < -0.39 is 0 Å². The number of carbonyl (C=O) groups excluding carboxylic acids is 1. The van der Waals surface area contributed by atoms with Crippen LogP contribution >= 0.6 is 27.7 Å². The van der Waals surface area contributed by atoms with Gasteiger partial charge in [-0.25, -0.2) is 4.99 Å². The van der Waals surface area contributed by atoms with Gasteiger partial charge in [-0.15, -0.1) is 6.42 Å². The van der Waals surface area contributed by atoms with Crippen LogP contribution in [-0.2, 0) is 17.6 Å². The molecule has 188 valence electrons. The number of amidine groups is 1. The fraction of sp³-hybridized carbons (Fsp3) is 0.200. The summed E-state index contributed by atoms with van der Waals surface area (Å²) in [7, 11) is 1.56. The monoisotopic (exact) mass is 574 g/mol. The first-order valence-electron chi connectivity index (χ1n) is 11.9. The predicted octanol–water partition coefficient (Wildman–Crippen LogP) is 7.40. The molecule has 1 aliphatic heterocycles. The number of halogens is 1. The molecule has 3 aromatic carbocycles. The van der Waals surface area contributed by atoms with Gasteiger partial charge in [-0.1, -0.05) is 44.0 Å². The van der Waals surface area contributed by atoms with E-state index in [2.05, 4.69) is 47.8 Å². The molecule has 0 N–H and O–H groups in total. The Kier molecular flexibility index (Phi) is 8.75. The van der Waals surface area contributed by atoms with Crippen LogP contribution in [0.25, 0.3) is 6.08 Å². The van der Waals surface area contributed by atoms with Crippen LogP contribution in [0.2, 0.25) is 0 Å². The smallest absolute Gasteiger partial charge is 0.271 e. The van der Waals surface area contributed by atoms with Crippen LogP contribution in [0.3, 0.4) is 0 Å². The molecule has 0 unspecified atom stereocenters. The molecule has 0 spiro atoms. The molecule has 4 rings (SSSR count). The van der Waals surface area contributed by atoms with Crippen LogP contribution in [0.15, 0.2) is 75.0 Å². The maximum atomic E-state index is 13.7. The summed E-state index contributed by atoms with van der Waals surface area (Å²) >= 11 is 4.88. The number of carbonyl (C=O) groups is 1. The third kappa shape index (κ3) is 6.10. The van der Waals surface area contributed by atoms with E-state index in [0.717, 1.165) is 29.8 Å². The number of hydrogen-bond donors (Lipinski definition) is 0. The van der Waals surface area contributed by atoms with Gasteiger partial charge in [0.05, 0.1) is 27.9 Å². The van der Waals surface area contributed by atoms with Gasteiger partial charge in [0.25, 0.3) is 5.91 Å². The van der Waals surface area contributed by atoms with Crippen LogP contribution in [-0.4, -0.2) is 24.8 Å². The van der Waals surface area contributed by atoms with Crippen molar-refractivity contribution in [3.63, 3.8) is 0 Å². The summed E-state index contributed by atoms with van der Waals surface area (Å²) in [5.74, 6) is 3.35. The third-order valence-corrected chi connectivity index (χ3v) is 7.39. The van der Waals surface area contributed by atoms with E-state index >= 15 is 0 Å². The minimum Gasteiger partial charge on any atom is -0.493 e. The summed E-state index contributed by atoms with van der Waals surface area (Å²) < 4.78 is 11.8. The van der Waals surface area contributed by atoms with E-state index in [1.54, 1.807) is 12.0 Å². The second-order valence-electron chi connectivity index (χ2n) is 8.21. The lowest BCUT2D eigenvalue weighted by atomic mass is 10.1. The first-order chi connectivity index (χ1) is 18.0. The second kappa shape index (κ2) is 12.2. The van der Waals surface area contributed by atoms with Crippen LogP contribution < -0.4 is 14.4 Å². The zero-order chi connectivity index (χ0) is 26.4. The van der Waals surface area contributed by atoms with E-state index in [1.807, 2.05) is 54.6 Å². The first-order valence-corrected chi connectivity index (χ1v) is 13.5. The highest BCUT2D eigenvalue weighted by Gasteiger charge is 2.35. The number of methoxy groups -OCH3 is 1. The average molecular weight is 576 g/mol. The summed E-state index contributed by atoms with van der Waals surface area (Å²) in [5, 5.41) is 0.602. The molecule has 0 atom stereocenters. The van der Waals surface area contributed by atoms with Gasteiger partial charge >= 0.3 is 0 Å².